The normalized spacial score (nSPS) is 12.7. The van der Waals surface area contributed by atoms with Crippen LogP contribution in [0.4, 0.5) is 11.4 Å². The SMILES string of the molecule is O=C(Nc1ccc(Cl)cc1Cl)c1ccc2c(c1)NCC2. The Kier molecular flexibility index (Phi) is 3.55. The third-order valence-electron chi connectivity index (χ3n) is 3.26. The minimum absolute atomic E-state index is 0.189. The van der Waals surface area contributed by atoms with Gasteiger partial charge in [0.05, 0.1) is 10.7 Å². The maximum Gasteiger partial charge on any atom is 0.255 e. The smallest absolute Gasteiger partial charge is 0.255 e. The second-order valence-corrected chi connectivity index (χ2v) is 5.47. The van der Waals surface area contributed by atoms with Gasteiger partial charge in [-0.3, -0.25) is 4.79 Å². The summed E-state index contributed by atoms with van der Waals surface area (Å²) in [6.07, 6.45) is 1.00. The van der Waals surface area contributed by atoms with Crippen LogP contribution in [-0.4, -0.2) is 12.5 Å². The average molecular weight is 307 g/mol. The predicted octanol–water partition coefficient (Wildman–Crippen LogP) is 4.21. The minimum atomic E-state index is -0.189. The molecule has 1 heterocycles. The number of hydrogen-bond acceptors (Lipinski definition) is 2. The molecule has 2 aromatic carbocycles. The van der Waals surface area contributed by atoms with Crippen LogP contribution in [0.1, 0.15) is 15.9 Å². The molecule has 0 aromatic heterocycles. The Bertz CT molecular complexity index is 686. The molecule has 102 valence electrons. The van der Waals surface area contributed by atoms with Gasteiger partial charge in [0, 0.05) is 22.8 Å². The molecular weight excluding hydrogens is 295 g/mol. The largest absolute Gasteiger partial charge is 0.384 e. The van der Waals surface area contributed by atoms with Crippen molar-refractivity contribution < 1.29 is 4.79 Å². The molecule has 0 spiro atoms. The lowest BCUT2D eigenvalue weighted by molar-refractivity contribution is 0.102. The molecule has 3 rings (SSSR count). The van der Waals surface area contributed by atoms with Gasteiger partial charge in [-0.05, 0) is 42.3 Å². The van der Waals surface area contributed by atoms with Crippen LogP contribution in [-0.2, 0) is 6.42 Å². The summed E-state index contributed by atoms with van der Waals surface area (Å²) in [7, 11) is 0. The second-order valence-electron chi connectivity index (χ2n) is 4.63. The first-order chi connectivity index (χ1) is 9.63. The summed E-state index contributed by atoms with van der Waals surface area (Å²) in [6.45, 7) is 0.920. The topological polar surface area (TPSA) is 41.1 Å². The Morgan fingerprint density at radius 1 is 1.15 bits per heavy atom. The number of hydrogen-bond donors (Lipinski definition) is 2. The van der Waals surface area contributed by atoms with Crippen molar-refractivity contribution in [3.63, 3.8) is 0 Å². The summed E-state index contributed by atoms with van der Waals surface area (Å²) in [5.74, 6) is -0.189. The molecule has 5 heteroatoms. The van der Waals surface area contributed by atoms with Gasteiger partial charge in [0.25, 0.3) is 5.91 Å². The summed E-state index contributed by atoms with van der Waals surface area (Å²) in [5.41, 5.74) is 3.42. The van der Waals surface area contributed by atoms with Crippen molar-refractivity contribution in [2.24, 2.45) is 0 Å². The predicted molar refractivity (Wildman–Crippen MR) is 83.1 cm³/mol. The fraction of sp³-hybridized carbons (Fsp3) is 0.133. The zero-order valence-electron chi connectivity index (χ0n) is 10.5. The van der Waals surface area contributed by atoms with Gasteiger partial charge in [0.15, 0.2) is 0 Å². The molecule has 0 fully saturated rings. The van der Waals surface area contributed by atoms with E-state index in [4.69, 9.17) is 23.2 Å². The third kappa shape index (κ3) is 2.60. The van der Waals surface area contributed by atoms with Crippen molar-refractivity contribution >= 4 is 40.5 Å². The van der Waals surface area contributed by atoms with Crippen LogP contribution in [0.5, 0.6) is 0 Å². The fourth-order valence-corrected chi connectivity index (χ4v) is 2.67. The van der Waals surface area contributed by atoms with Crippen LogP contribution >= 0.6 is 23.2 Å². The molecule has 0 saturated carbocycles. The Hall–Kier alpha value is -1.71. The van der Waals surface area contributed by atoms with Gasteiger partial charge < -0.3 is 10.6 Å². The number of carbonyl (C=O) groups excluding carboxylic acids is 1. The first kappa shape index (κ1) is 13.3. The van der Waals surface area contributed by atoms with Crippen molar-refractivity contribution in [1.29, 1.82) is 0 Å². The molecule has 0 radical (unpaired) electrons. The Morgan fingerprint density at radius 2 is 2.00 bits per heavy atom. The van der Waals surface area contributed by atoms with Crippen LogP contribution in [0, 0.1) is 0 Å². The summed E-state index contributed by atoms with van der Waals surface area (Å²) < 4.78 is 0. The summed E-state index contributed by atoms with van der Waals surface area (Å²) in [4.78, 5) is 12.2. The van der Waals surface area contributed by atoms with E-state index in [-0.39, 0.29) is 5.91 Å². The summed E-state index contributed by atoms with van der Waals surface area (Å²) >= 11 is 11.9. The number of amides is 1. The minimum Gasteiger partial charge on any atom is -0.384 e. The highest BCUT2D eigenvalue weighted by atomic mass is 35.5. The number of nitrogens with one attached hydrogen (secondary N) is 2. The van der Waals surface area contributed by atoms with E-state index in [1.54, 1.807) is 18.2 Å². The third-order valence-corrected chi connectivity index (χ3v) is 3.81. The van der Waals surface area contributed by atoms with E-state index in [0.29, 0.717) is 21.3 Å². The van der Waals surface area contributed by atoms with Gasteiger partial charge >= 0.3 is 0 Å². The van der Waals surface area contributed by atoms with Crippen LogP contribution in [0.2, 0.25) is 10.0 Å². The van der Waals surface area contributed by atoms with E-state index in [0.717, 1.165) is 18.7 Å². The maximum absolute atomic E-state index is 12.2. The number of benzene rings is 2. The average Bonchev–Trinajstić information content (AvgIpc) is 2.89. The molecule has 20 heavy (non-hydrogen) atoms. The van der Waals surface area contributed by atoms with E-state index in [1.807, 2.05) is 18.2 Å². The number of anilines is 2. The second kappa shape index (κ2) is 5.35. The van der Waals surface area contributed by atoms with Crippen molar-refractivity contribution in [3.05, 3.63) is 57.6 Å². The first-order valence-electron chi connectivity index (χ1n) is 6.27. The van der Waals surface area contributed by atoms with Crippen molar-refractivity contribution in [2.45, 2.75) is 6.42 Å². The van der Waals surface area contributed by atoms with Crippen LogP contribution < -0.4 is 10.6 Å². The Morgan fingerprint density at radius 3 is 2.80 bits per heavy atom. The van der Waals surface area contributed by atoms with E-state index in [2.05, 4.69) is 10.6 Å². The van der Waals surface area contributed by atoms with E-state index in [9.17, 15) is 4.79 Å². The Balaban J connectivity index is 1.82. The van der Waals surface area contributed by atoms with Gasteiger partial charge in [-0.1, -0.05) is 29.3 Å². The molecule has 2 aromatic rings. The molecule has 1 aliphatic rings. The Labute approximate surface area is 126 Å². The van der Waals surface area contributed by atoms with E-state index in [1.165, 1.54) is 5.56 Å². The lowest BCUT2D eigenvalue weighted by atomic mass is 10.1. The van der Waals surface area contributed by atoms with Crippen LogP contribution in [0.3, 0.4) is 0 Å². The molecule has 2 N–H and O–H groups in total. The van der Waals surface area contributed by atoms with Crippen molar-refractivity contribution in [2.75, 3.05) is 17.2 Å². The zero-order valence-corrected chi connectivity index (χ0v) is 12.1. The van der Waals surface area contributed by atoms with Gasteiger partial charge in [0.2, 0.25) is 0 Å². The molecule has 3 nitrogen and oxygen atoms in total. The molecule has 0 atom stereocenters. The molecule has 0 saturated heterocycles. The number of carbonyl (C=O) groups is 1. The van der Waals surface area contributed by atoms with Crippen molar-refractivity contribution in [3.8, 4) is 0 Å². The van der Waals surface area contributed by atoms with Gasteiger partial charge in [-0.15, -0.1) is 0 Å². The summed E-state index contributed by atoms with van der Waals surface area (Å²) in [5, 5.41) is 7.00. The first-order valence-corrected chi connectivity index (χ1v) is 7.02. The highest BCUT2D eigenvalue weighted by molar-refractivity contribution is 6.36. The van der Waals surface area contributed by atoms with Crippen LogP contribution in [0.15, 0.2) is 36.4 Å². The van der Waals surface area contributed by atoms with E-state index < -0.39 is 0 Å². The zero-order chi connectivity index (χ0) is 14.1. The summed E-state index contributed by atoms with van der Waals surface area (Å²) in [6, 6.07) is 10.6. The number of halogens is 2. The van der Waals surface area contributed by atoms with Gasteiger partial charge in [0.1, 0.15) is 0 Å². The quantitative estimate of drug-likeness (QED) is 0.872. The highest BCUT2D eigenvalue weighted by Gasteiger charge is 2.14. The lowest BCUT2D eigenvalue weighted by Crippen LogP contribution is -2.12. The standard InChI is InChI=1S/C15H12Cl2N2O/c16-11-3-4-13(12(17)8-11)19-15(20)10-2-1-9-5-6-18-14(9)7-10/h1-4,7-8,18H,5-6H2,(H,19,20). The molecule has 0 unspecified atom stereocenters. The lowest BCUT2D eigenvalue weighted by Gasteiger charge is -2.09. The van der Waals surface area contributed by atoms with Crippen molar-refractivity contribution in [1.82, 2.24) is 0 Å². The van der Waals surface area contributed by atoms with Gasteiger partial charge in [-0.25, -0.2) is 0 Å². The molecule has 0 bridgehead atoms. The fourth-order valence-electron chi connectivity index (χ4n) is 2.22. The van der Waals surface area contributed by atoms with E-state index >= 15 is 0 Å². The number of fused-ring (bicyclic) bond motifs is 1. The monoisotopic (exact) mass is 306 g/mol. The van der Waals surface area contributed by atoms with Gasteiger partial charge in [-0.2, -0.15) is 0 Å². The van der Waals surface area contributed by atoms with Crippen LogP contribution in [0.25, 0.3) is 0 Å². The highest BCUT2D eigenvalue weighted by Crippen LogP contribution is 2.27. The maximum atomic E-state index is 12.2. The number of rotatable bonds is 2. The molecule has 1 amide bonds. The molecule has 0 aliphatic carbocycles. The molecular formula is C15H12Cl2N2O. The molecule has 1 aliphatic heterocycles.